The van der Waals surface area contributed by atoms with Gasteiger partial charge in [-0.25, -0.2) is 0 Å². The number of amides is 1. The van der Waals surface area contributed by atoms with Crippen molar-refractivity contribution in [3.8, 4) is 11.5 Å². The van der Waals surface area contributed by atoms with Gasteiger partial charge in [-0.1, -0.05) is 6.07 Å². The number of rotatable bonds is 2. The molecule has 1 amide bonds. The van der Waals surface area contributed by atoms with Crippen molar-refractivity contribution in [2.45, 2.75) is 12.3 Å². The zero-order chi connectivity index (χ0) is 13.4. The summed E-state index contributed by atoms with van der Waals surface area (Å²) in [7, 11) is 4.30. The van der Waals surface area contributed by atoms with Crippen molar-refractivity contribution in [3.05, 3.63) is 23.3 Å². The highest BCUT2D eigenvalue weighted by Crippen LogP contribution is 2.40. The van der Waals surface area contributed by atoms with Crippen molar-refractivity contribution < 1.29 is 24.5 Å². The van der Waals surface area contributed by atoms with Crippen LogP contribution in [0.2, 0.25) is 0 Å². The normalized spacial score (nSPS) is 22.7. The molecular weight excluding hydrogens is 238 g/mol. The Morgan fingerprint density at radius 3 is 2.44 bits per heavy atom. The molecule has 6 heteroatoms. The Hall–Kier alpha value is -1.79. The Bertz CT molecular complexity index is 488. The maximum Gasteiger partial charge on any atom is 0.260 e. The van der Waals surface area contributed by atoms with Gasteiger partial charge >= 0.3 is 0 Å². The average molecular weight is 253 g/mol. The Morgan fingerprint density at radius 2 is 1.89 bits per heavy atom. The lowest BCUT2D eigenvalue weighted by molar-refractivity contribution is -0.0675. The number of ether oxygens (including phenoxy) is 2. The monoisotopic (exact) mass is 253 g/mol. The summed E-state index contributed by atoms with van der Waals surface area (Å²) in [4.78, 5) is 13.2. The molecule has 1 heterocycles. The number of aliphatic hydroxyl groups is 2. The third-order valence-electron chi connectivity index (χ3n) is 3.11. The molecule has 18 heavy (non-hydrogen) atoms. The van der Waals surface area contributed by atoms with E-state index >= 15 is 0 Å². The number of hydrogen-bond acceptors (Lipinski definition) is 5. The fourth-order valence-corrected chi connectivity index (χ4v) is 2.08. The van der Waals surface area contributed by atoms with Crippen LogP contribution < -0.4 is 9.47 Å². The Labute approximate surface area is 104 Å². The number of carbonyl (C=O) groups excluding carboxylic acids is 1. The van der Waals surface area contributed by atoms with Gasteiger partial charge in [-0.05, 0) is 6.07 Å². The minimum atomic E-state index is -1.26. The van der Waals surface area contributed by atoms with Gasteiger partial charge < -0.3 is 24.6 Å². The zero-order valence-electron chi connectivity index (χ0n) is 10.4. The predicted molar refractivity (Wildman–Crippen MR) is 62.6 cm³/mol. The molecule has 1 aromatic carbocycles. The summed E-state index contributed by atoms with van der Waals surface area (Å²) in [6.45, 7) is 0. The first-order valence-corrected chi connectivity index (χ1v) is 5.41. The van der Waals surface area contributed by atoms with Crippen molar-refractivity contribution in [2.75, 3.05) is 21.3 Å². The highest BCUT2D eigenvalue weighted by molar-refractivity contribution is 6.00. The third kappa shape index (κ3) is 1.61. The van der Waals surface area contributed by atoms with E-state index in [1.807, 2.05) is 0 Å². The molecule has 0 fully saturated rings. The smallest absolute Gasteiger partial charge is 0.260 e. The molecular formula is C12H15NO5. The second-order valence-corrected chi connectivity index (χ2v) is 4.04. The first-order chi connectivity index (χ1) is 8.52. The van der Waals surface area contributed by atoms with Gasteiger partial charge in [-0.15, -0.1) is 0 Å². The van der Waals surface area contributed by atoms with E-state index in [0.717, 1.165) is 4.90 Å². The van der Waals surface area contributed by atoms with E-state index in [1.54, 1.807) is 12.1 Å². The van der Waals surface area contributed by atoms with Crippen LogP contribution in [-0.2, 0) is 0 Å². The standard InChI is InChI=1S/C12H15NO5/c1-13-11(15)8-6(9(14)12(13)16)4-5-7(17-2)10(8)18-3/h4-5,9,12,14,16H,1-3H3/t9-,12-/m1/s1. The molecule has 2 rings (SSSR count). The van der Waals surface area contributed by atoms with Crippen molar-refractivity contribution >= 4 is 5.91 Å². The highest BCUT2D eigenvalue weighted by Gasteiger charge is 2.38. The van der Waals surface area contributed by atoms with Gasteiger partial charge in [0.1, 0.15) is 6.10 Å². The lowest BCUT2D eigenvalue weighted by atomic mass is 9.94. The van der Waals surface area contributed by atoms with E-state index in [-0.39, 0.29) is 11.3 Å². The summed E-state index contributed by atoms with van der Waals surface area (Å²) in [6.07, 6.45) is -2.43. The summed E-state index contributed by atoms with van der Waals surface area (Å²) in [5, 5.41) is 19.7. The van der Waals surface area contributed by atoms with E-state index < -0.39 is 18.2 Å². The first-order valence-electron chi connectivity index (χ1n) is 5.41. The highest BCUT2D eigenvalue weighted by atomic mass is 16.5. The number of aliphatic hydroxyl groups excluding tert-OH is 2. The van der Waals surface area contributed by atoms with Crippen LogP contribution in [0.25, 0.3) is 0 Å². The second kappa shape index (κ2) is 4.47. The van der Waals surface area contributed by atoms with Crippen LogP contribution in [0.3, 0.4) is 0 Å². The molecule has 1 aliphatic rings. The lowest BCUT2D eigenvalue weighted by Gasteiger charge is -2.34. The molecule has 98 valence electrons. The quantitative estimate of drug-likeness (QED) is 0.784. The number of carbonyl (C=O) groups is 1. The molecule has 6 nitrogen and oxygen atoms in total. The van der Waals surface area contributed by atoms with Gasteiger partial charge in [0.05, 0.1) is 19.8 Å². The number of nitrogens with zero attached hydrogens (tertiary/aromatic N) is 1. The third-order valence-corrected chi connectivity index (χ3v) is 3.11. The van der Waals surface area contributed by atoms with Crippen LogP contribution in [0, 0.1) is 0 Å². The van der Waals surface area contributed by atoms with Crippen molar-refractivity contribution in [1.82, 2.24) is 4.90 Å². The summed E-state index contributed by atoms with van der Waals surface area (Å²) in [5.74, 6) is 0.248. The maximum absolute atomic E-state index is 12.1. The van der Waals surface area contributed by atoms with Crippen LogP contribution in [0.1, 0.15) is 22.0 Å². The molecule has 1 aromatic rings. The van der Waals surface area contributed by atoms with Gasteiger partial charge in [0.25, 0.3) is 5.91 Å². The maximum atomic E-state index is 12.1. The fourth-order valence-electron chi connectivity index (χ4n) is 2.08. The fraction of sp³-hybridized carbons (Fsp3) is 0.417. The number of fused-ring (bicyclic) bond motifs is 1. The van der Waals surface area contributed by atoms with Crippen molar-refractivity contribution in [3.63, 3.8) is 0 Å². The van der Waals surface area contributed by atoms with Crippen molar-refractivity contribution in [2.24, 2.45) is 0 Å². The second-order valence-electron chi connectivity index (χ2n) is 4.04. The topological polar surface area (TPSA) is 79.2 Å². The minimum Gasteiger partial charge on any atom is -0.493 e. The van der Waals surface area contributed by atoms with Crippen LogP contribution in [0.4, 0.5) is 0 Å². The summed E-state index contributed by atoms with van der Waals surface area (Å²) in [5.41, 5.74) is 0.556. The van der Waals surface area contributed by atoms with Gasteiger partial charge in [0.15, 0.2) is 17.7 Å². The molecule has 0 aliphatic carbocycles. The van der Waals surface area contributed by atoms with Crippen LogP contribution in [-0.4, -0.2) is 48.5 Å². The van der Waals surface area contributed by atoms with Crippen LogP contribution in [0.15, 0.2) is 12.1 Å². The molecule has 0 saturated carbocycles. The largest absolute Gasteiger partial charge is 0.493 e. The summed E-state index contributed by atoms with van der Waals surface area (Å²) in [6, 6.07) is 3.14. The molecule has 1 aliphatic heterocycles. The molecule has 0 bridgehead atoms. The number of methoxy groups -OCH3 is 2. The first kappa shape index (κ1) is 12.7. The van der Waals surface area contributed by atoms with Crippen LogP contribution >= 0.6 is 0 Å². The molecule has 0 unspecified atom stereocenters. The van der Waals surface area contributed by atoms with E-state index in [0.29, 0.717) is 11.3 Å². The van der Waals surface area contributed by atoms with Gasteiger partial charge in [-0.3, -0.25) is 4.79 Å². The van der Waals surface area contributed by atoms with Gasteiger partial charge in [-0.2, -0.15) is 0 Å². The van der Waals surface area contributed by atoms with Gasteiger partial charge in [0.2, 0.25) is 0 Å². The molecule has 2 atom stereocenters. The molecule has 0 spiro atoms. The molecule has 0 saturated heterocycles. The molecule has 0 radical (unpaired) electrons. The summed E-state index contributed by atoms with van der Waals surface area (Å²) < 4.78 is 10.3. The van der Waals surface area contributed by atoms with Gasteiger partial charge in [0, 0.05) is 12.6 Å². The van der Waals surface area contributed by atoms with E-state index in [1.165, 1.54) is 21.3 Å². The molecule has 0 aromatic heterocycles. The van der Waals surface area contributed by atoms with E-state index in [2.05, 4.69) is 0 Å². The van der Waals surface area contributed by atoms with Crippen molar-refractivity contribution in [1.29, 1.82) is 0 Å². The van der Waals surface area contributed by atoms with E-state index in [4.69, 9.17) is 9.47 Å². The van der Waals surface area contributed by atoms with Crippen LogP contribution in [0.5, 0.6) is 11.5 Å². The Kier molecular flexibility index (Phi) is 3.14. The predicted octanol–water partition coefficient (Wildman–Crippen LogP) is 0.141. The van der Waals surface area contributed by atoms with E-state index in [9.17, 15) is 15.0 Å². The minimum absolute atomic E-state index is 0.220. The average Bonchev–Trinajstić information content (AvgIpc) is 2.40. The SMILES string of the molecule is COc1ccc2c(c1OC)C(=O)N(C)[C@H](O)[C@@H]2O. The number of likely N-dealkylation sites (N-methyl/N-ethyl adjacent to an activating group) is 1. The molecule has 2 N–H and O–H groups in total. The Balaban J connectivity index is 2.68. The Morgan fingerprint density at radius 1 is 1.22 bits per heavy atom. The number of benzene rings is 1. The summed E-state index contributed by atoms with van der Waals surface area (Å²) >= 11 is 0. The zero-order valence-corrected chi connectivity index (χ0v) is 10.4. The number of hydrogen-bond donors (Lipinski definition) is 2. The lowest BCUT2D eigenvalue weighted by Crippen LogP contribution is -2.45.